The first kappa shape index (κ1) is 16.5. The zero-order chi connectivity index (χ0) is 16.1. The lowest BCUT2D eigenvalue weighted by Crippen LogP contribution is -2.61. The number of hydrogen-bond acceptors (Lipinski definition) is 3. The molecule has 0 unspecified atom stereocenters. The number of β-amino-alcohol motifs (C(OH)–C–C–N with tert-alkyl or cyclic N) is 1. The average Bonchev–Trinajstić information content (AvgIpc) is 2.36. The van der Waals surface area contributed by atoms with E-state index in [0.717, 1.165) is 11.3 Å². The van der Waals surface area contributed by atoms with Crippen LogP contribution in [-0.2, 0) is 5.60 Å². The molecule has 1 fully saturated rings. The number of nitrogens with zero attached hydrogens (tertiary/aromatic N) is 1. The van der Waals surface area contributed by atoms with E-state index in [1.807, 2.05) is 36.2 Å². The minimum atomic E-state index is -1.88. The van der Waals surface area contributed by atoms with Crippen LogP contribution < -0.4 is 4.43 Å². The van der Waals surface area contributed by atoms with Gasteiger partial charge in [0.25, 0.3) is 0 Å². The van der Waals surface area contributed by atoms with Crippen LogP contribution in [0.15, 0.2) is 24.3 Å². The Hall–Kier alpha value is -0.913. The maximum atomic E-state index is 10.7. The van der Waals surface area contributed by atoms with Crippen LogP contribution in [-0.4, -0.2) is 36.9 Å². The van der Waals surface area contributed by atoms with Gasteiger partial charge < -0.3 is 14.4 Å². The standard InChI is InChI=1S/C16H25NO2SSi/c1-15(2,3)21(5,6)19-13-9-7-8-12(10-13)16(18)11-17(4)14(16)20/h7-10,18H,11H2,1-6H3/t16-/m0/s1. The minimum Gasteiger partial charge on any atom is -0.543 e. The molecule has 1 heterocycles. The van der Waals surface area contributed by atoms with Crippen molar-refractivity contribution in [2.24, 2.45) is 0 Å². The number of thiocarbonyl (C=S) groups is 1. The molecule has 0 bridgehead atoms. The van der Waals surface area contributed by atoms with Gasteiger partial charge in [-0.3, -0.25) is 0 Å². The van der Waals surface area contributed by atoms with Crippen LogP contribution >= 0.6 is 12.2 Å². The Kier molecular flexibility index (Phi) is 3.97. The number of rotatable bonds is 3. The largest absolute Gasteiger partial charge is 0.543 e. The van der Waals surface area contributed by atoms with Gasteiger partial charge in [-0.2, -0.15) is 0 Å². The molecule has 2 rings (SSSR count). The second-order valence-electron chi connectivity index (χ2n) is 7.41. The predicted octanol–water partition coefficient (Wildman–Crippen LogP) is 3.53. The third kappa shape index (κ3) is 2.87. The molecule has 3 nitrogen and oxygen atoms in total. The molecule has 0 saturated carbocycles. The van der Waals surface area contributed by atoms with Crippen molar-refractivity contribution in [1.29, 1.82) is 0 Å². The fourth-order valence-electron chi connectivity index (χ4n) is 2.19. The topological polar surface area (TPSA) is 32.7 Å². The van der Waals surface area contributed by atoms with Crippen LogP contribution in [0.1, 0.15) is 26.3 Å². The molecule has 21 heavy (non-hydrogen) atoms. The Balaban J connectivity index is 2.26. The van der Waals surface area contributed by atoms with Crippen molar-refractivity contribution in [3.63, 3.8) is 0 Å². The van der Waals surface area contributed by atoms with Crippen LogP contribution in [0.2, 0.25) is 18.1 Å². The van der Waals surface area contributed by atoms with E-state index >= 15 is 0 Å². The van der Waals surface area contributed by atoms with Gasteiger partial charge in [0.15, 0.2) is 5.60 Å². The van der Waals surface area contributed by atoms with Crippen molar-refractivity contribution in [3.05, 3.63) is 29.8 Å². The Morgan fingerprint density at radius 1 is 1.33 bits per heavy atom. The molecule has 5 heteroatoms. The summed E-state index contributed by atoms with van der Waals surface area (Å²) < 4.78 is 6.30. The normalized spacial score (nSPS) is 23.0. The fourth-order valence-corrected chi connectivity index (χ4v) is 3.46. The second-order valence-corrected chi connectivity index (χ2v) is 12.5. The van der Waals surface area contributed by atoms with Gasteiger partial charge in [-0.15, -0.1) is 0 Å². The van der Waals surface area contributed by atoms with E-state index in [2.05, 4.69) is 33.9 Å². The molecule has 1 aliphatic heterocycles. The molecule has 1 saturated heterocycles. The van der Waals surface area contributed by atoms with E-state index < -0.39 is 13.9 Å². The van der Waals surface area contributed by atoms with E-state index in [0.29, 0.717) is 11.5 Å². The summed E-state index contributed by atoms with van der Waals surface area (Å²) in [5.41, 5.74) is -0.196. The Bertz CT molecular complexity index is 568. The van der Waals surface area contributed by atoms with Gasteiger partial charge in [-0.1, -0.05) is 45.1 Å². The summed E-state index contributed by atoms with van der Waals surface area (Å²) in [6.45, 7) is 11.6. The first-order valence-electron chi connectivity index (χ1n) is 7.25. The van der Waals surface area contributed by atoms with Crippen LogP contribution in [0.4, 0.5) is 0 Å². The summed E-state index contributed by atoms with van der Waals surface area (Å²) in [4.78, 5) is 2.46. The maximum absolute atomic E-state index is 10.7. The molecule has 0 aromatic heterocycles. The highest BCUT2D eigenvalue weighted by atomic mass is 32.1. The van der Waals surface area contributed by atoms with E-state index in [9.17, 15) is 5.11 Å². The first-order chi connectivity index (χ1) is 9.47. The highest BCUT2D eigenvalue weighted by Gasteiger charge is 2.47. The lowest BCUT2D eigenvalue weighted by molar-refractivity contribution is 0.0345. The molecule has 0 aliphatic carbocycles. The number of likely N-dealkylation sites (tertiary alicyclic amines) is 1. The highest BCUT2D eigenvalue weighted by Crippen LogP contribution is 2.39. The molecule has 116 valence electrons. The maximum Gasteiger partial charge on any atom is 0.250 e. The number of likely N-dealkylation sites (N-methyl/N-ethyl adjacent to an activating group) is 1. The van der Waals surface area contributed by atoms with Gasteiger partial charge in [0.1, 0.15) is 10.7 Å². The van der Waals surface area contributed by atoms with Crippen molar-refractivity contribution in [2.75, 3.05) is 13.6 Å². The third-order valence-electron chi connectivity index (χ3n) is 4.66. The number of benzene rings is 1. The molecule has 1 atom stereocenters. The van der Waals surface area contributed by atoms with E-state index in [1.165, 1.54) is 0 Å². The summed E-state index contributed by atoms with van der Waals surface area (Å²) in [5.74, 6) is 0.824. The summed E-state index contributed by atoms with van der Waals surface area (Å²) in [6.07, 6.45) is 0. The lowest BCUT2D eigenvalue weighted by Gasteiger charge is -2.46. The Labute approximate surface area is 134 Å². The SMILES string of the molecule is CN1C[C@](O)(c2cccc(O[Si](C)(C)C(C)(C)C)c2)C1=S. The molecule has 0 radical (unpaired) electrons. The van der Waals surface area contributed by atoms with E-state index in [1.54, 1.807) is 0 Å². The summed E-state index contributed by atoms with van der Waals surface area (Å²) in [5, 5.41) is 10.8. The van der Waals surface area contributed by atoms with Crippen molar-refractivity contribution in [2.45, 2.75) is 44.5 Å². The molecule has 0 amide bonds. The van der Waals surface area contributed by atoms with Gasteiger partial charge in [-0.25, -0.2) is 0 Å². The quantitative estimate of drug-likeness (QED) is 0.681. The van der Waals surface area contributed by atoms with Gasteiger partial charge in [0.05, 0.1) is 6.54 Å². The second kappa shape index (κ2) is 5.07. The van der Waals surface area contributed by atoms with Crippen LogP contribution in [0.5, 0.6) is 5.75 Å². The zero-order valence-electron chi connectivity index (χ0n) is 13.7. The van der Waals surface area contributed by atoms with Crippen molar-refractivity contribution in [1.82, 2.24) is 4.90 Å². The predicted molar refractivity (Wildman–Crippen MR) is 93.4 cm³/mol. The van der Waals surface area contributed by atoms with Gasteiger partial charge in [0.2, 0.25) is 8.32 Å². The molecule has 1 aromatic carbocycles. The monoisotopic (exact) mass is 323 g/mol. The van der Waals surface area contributed by atoms with Crippen LogP contribution in [0.3, 0.4) is 0 Å². The molecular formula is C16H25NO2SSi. The zero-order valence-corrected chi connectivity index (χ0v) is 15.5. The molecule has 0 spiro atoms. The van der Waals surface area contributed by atoms with Crippen molar-refractivity contribution >= 4 is 25.5 Å². The van der Waals surface area contributed by atoms with E-state index in [4.69, 9.17) is 16.6 Å². The van der Waals surface area contributed by atoms with Gasteiger partial charge in [0, 0.05) is 7.05 Å². The number of hydrogen-bond donors (Lipinski definition) is 1. The fraction of sp³-hybridized carbons (Fsp3) is 0.562. The average molecular weight is 324 g/mol. The lowest BCUT2D eigenvalue weighted by atomic mass is 9.86. The summed E-state index contributed by atoms with van der Waals surface area (Å²) >= 11 is 5.28. The minimum absolute atomic E-state index is 0.145. The highest BCUT2D eigenvalue weighted by molar-refractivity contribution is 7.80. The third-order valence-corrected chi connectivity index (χ3v) is 9.67. The Morgan fingerprint density at radius 3 is 2.43 bits per heavy atom. The van der Waals surface area contributed by atoms with Gasteiger partial charge in [-0.05, 0) is 35.8 Å². The Morgan fingerprint density at radius 2 is 1.95 bits per heavy atom. The number of aliphatic hydroxyl groups is 1. The summed E-state index contributed by atoms with van der Waals surface area (Å²) in [6, 6.07) is 7.73. The van der Waals surface area contributed by atoms with Crippen molar-refractivity contribution in [3.8, 4) is 5.75 Å². The van der Waals surface area contributed by atoms with Crippen LogP contribution in [0.25, 0.3) is 0 Å². The first-order valence-corrected chi connectivity index (χ1v) is 10.6. The molecular weight excluding hydrogens is 298 g/mol. The van der Waals surface area contributed by atoms with Crippen LogP contribution in [0, 0.1) is 0 Å². The molecule has 1 aromatic rings. The van der Waals surface area contributed by atoms with Gasteiger partial charge >= 0.3 is 0 Å². The molecule has 1 aliphatic rings. The smallest absolute Gasteiger partial charge is 0.250 e. The van der Waals surface area contributed by atoms with Crippen molar-refractivity contribution < 1.29 is 9.53 Å². The van der Waals surface area contributed by atoms with E-state index in [-0.39, 0.29) is 5.04 Å². The summed E-state index contributed by atoms with van der Waals surface area (Å²) in [7, 11) is 0.0203. The molecule has 1 N–H and O–H groups in total.